The summed E-state index contributed by atoms with van der Waals surface area (Å²) in [5.74, 6) is 0.782. The first-order valence-electron chi connectivity index (χ1n) is 9.16. The highest BCUT2D eigenvalue weighted by molar-refractivity contribution is 5.35. The lowest BCUT2D eigenvalue weighted by molar-refractivity contribution is 0.465. The number of phenolic OH excluding ortho intramolecular Hbond substituents is 2. The molecule has 0 heterocycles. The molecule has 2 rings (SSSR count). The number of unbranched alkanes of at least 4 members (excludes halogenated alkanes) is 6. The van der Waals surface area contributed by atoms with Crippen molar-refractivity contribution < 1.29 is 10.2 Å². The summed E-state index contributed by atoms with van der Waals surface area (Å²) in [6.45, 7) is 4.33. The molecule has 0 radical (unpaired) electrons. The van der Waals surface area contributed by atoms with Crippen LogP contribution in [0.1, 0.15) is 63.0 Å². The first kappa shape index (κ1) is 20.1. The smallest absolute Gasteiger partial charge is 0.118 e. The topological polar surface area (TPSA) is 40.5 Å². The van der Waals surface area contributed by atoms with Crippen molar-refractivity contribution in [1.29, 1.82) is 0 Å². The molecule has 0 atom stereocenters. The average molecular weight is 328 g/mol. The number of hydrogen-bond donors (Lipinski definition) is 2. The van der Waals surface area contributed by atoms with Gasteiger partial charge in [0.2, 0.25) is 0 Å². The molecular weight excluding hydrogens is 296 g/mol. The summed E-state index contributed by atoms with van der Waals surface area (Å²) in [5.41, 5.74) is 2.35. The van der Waals surface area contributed by atoms with E-state index in [1.807, 2.05) is 18.2 Å². The number of hydrogen-bond acceptors (Lipinski definition) is 2. The fourth-order valence-corrected chi connectivity index (χ4v) is 2.62. The van der Waals surface area contributed by atoms with Gasteiger partial charge in [-0.15, -0.1) is 0 Å². The highest BCUT2D eigenvalue weighted by atomic mass is 16.3. The first-order chi connectivity index (χ1) is 11.6. The van der Waals surface area contributed by atoms with Gasteiger partial charge in [0.05, 0.1) is 0 Å². The number of phenols is 2. The van der Waals surface area contributed by atoms with Crippen LogP contribution in [0.5, 0.6) is 11.5 Å². The molecule has 0 aromatic heterocycles. The Bertz CT molecular complexity index is 549. The molecule has 0 saturated heterocycles. The summed E-state index contributed by atoms with van der Waals surface area (Å²) < 4.78 is 0. The Hall–Kier alpha value is -1.96. The lowest BCUT2D eigenvalue weighted by Crippen LogP contribution is -1.88. The molecule has 0 fully saturated rings. The van der Waals surface area contributed by atoms with Crippen LogP contribution in [0.25, 0.3) is 0 Å². The van der Waals surface area contributed by atoms with Gasteiger partial charge in [0.15, 0.2) is 0 Å². The fourth-order valence-electron chi connectivity index (χ4n) is 2.62. The van der Waals surface area contributed by atoms with Crippen LogP contribution in [0.2, 0.25) is 0 Å². The van der Waals surface area contributed by atoms with E-state index in [9.17, 15) is 5.11 Å². The maximum atomic E-state index is 9.71. The molecule has 0 spiro atoms. The number of para-hydroxylation sites is 1. The van der Waals surface area contributed by atoms with Gasteiger partial charge in [-0.2, -0.15) is 0 Å². The van der Waals surface area contributed by atoms with E-state index in [1.54, 1.807) is 24.3 Å². The van der Waals surface area contributed by atoms with Crippen molar-refractivity contribution in [2.24, 2.45) is 0 Å². The molecule has 0 aliphatic carbocycles. The molecule has 0 saturated carbocycles. The lowest BCUT2D eigenvalue weighted by atomic mass is 10.0. The highest BCUT2D eigenvalue weighted by Crippen LogP contribution is 2.20. The van der Waals surface area contributed by atoms with Crippen molar-refractivity contribution in [3.05, 3.63) is 59.7 Å². The largest absolute Gasteiger partial charge is 0.508 e. The third-order valence-corrected chi connectivity index (χ3v) is 4.04. The summed E-state index contributed by atoms with van der Waals surface area (Å²) in [5, 5.41) is 18.3. The fraction of sp³-hybridized carbons (Fsp3) is 0.455. The predicted molar refractivity (Wildman–Crippen MR) is 103 cm³/mol. The van der Waals surface area contributed by atoms with Gasteiger partial charge in [0.1, 0.15) is 11.5 Å². The van der Waals surface area contributed by atoms with Crippen LogP contribution in [-0.4, -0.2) is 10.2 Å². The maximum Gasteiger partial charge on any atom is 0.118 e. The number of rotatable bonds is 8. The van der Waals surface area contributed by atoms with Crippen molar-refractivity contribution in [2.45, 2.75) is 65.2 Å². The second-order valence-electron chi connectivity index (χ2n) is 6.34. The van der Waals surface area contributed by atoms with Crippen LogP contribution < -0.4 is 0 Å². The standard InChI is InChI=1S/C16H26O.C6H6O/c1-3-4-5-6-7-8-9-10-15-13-14(2)11-12-16(15)17;7-6-4-2-1-3-5-6/h11-13,17H,3-10H2,1-2H3;1-5,7H. The normalized spacial score (nSPS) is 10.1. The van der Waals surface area contributed by atoms with Crippen LogP contribution in [0.15, 0.2) is 48.5 Å². The summed E-state index contributed by atoms with van der Waals surface area (Å²) in [6, 6.07) is 14.6. The molecule has 2 aromatic carbocycles. The van der Waals surface area contributed by atoms with Crippen molar-refractivity contribution >= 4 is 0 Å². The second kappa shape index (κ2) is 12.5. The minimum Gasteiger partial charge on any atom is -0.508 e. The van der Waals surface area contributed by atoms with Crippen molar-refractivity contribution in [3.8, 4) is 11.5 Å². The Morgan fingerprint density at radius 3 is 1.96 bits per heavy atom. The molecule has 2 nitrogen and oxygen atoms in total. The number of benzene rings is 2. The Morgan fingerprint density at radius 1 is 0.750 bits per heavy atom. The van der Waals surface area contributed by atoms with Gasteiger partial charge in [-0.3, -0.25) is 0 Å². The third kappa shape index (κ3) is 9.24. The van der Waals surface area contributed by atoms with Gasteiger partial charge >= 0.3 is 0 Å². The molecule has 24 heavy (non-hydrogen) atoms. The van der Waals surface area contributed by atoms with E-state index in [4.69, 9.17) is 5.11 Å². The molecule has 0 aliphatic heterocycles. The van der Waals surface area contributed by atoms with E-state index in [1.165, 1.54) is 50.5 Å². The zero-order valence-corrected chi connectivity index (χ0v) is 15.2. The van der Waals surface area contributed by atoms with E-state index in [-0.39, 0.29) is 0 Å². The molecule has 0 unspecified atom stereocenters. The molecule has 132 valence electrons. The van der Waals surface area contributed by atoms with E-state index < -0.39 is 0 Å². The quantitative estimate of drug-likeness (QED) is 0.551. The molecule has 0 amide bonds. The SMILES string of the molecule is CCCCCCCCCc1cc(C)ccc1O.Oc1ccccc1. The summed E-state index contributed by atoms with van der Waals surface area (Å²) in [7, 11) is 0. The predicted octanol–water partition coefficient (Wildman–Crippen LogP) is 6.39. The van der Waals surface area contributed by atoms with Crippen LogP contribution in [0.4, 0.5) is 0 Å². The number of aryl methyl sites for hydroxylation is 2. The third-order valence-electron chi connectivity index (χ3n) is 4.04. The van der Waals surface area contributed by atoms with Crippen molar-refractivity contribution in [3.63, 3.8) is 0 Å². The summed E-state index contributed by atoms with van der Waals surface area (Å²) in [6.07, 6.45) is 10.3. The highest BCUT2D eigenvalue weighted by Gasteiger charge is 2.01. The monoisotopic (exact) mass is 328 g/mol. The molecule has 0 bridgehead atoms. The average Bonchev–Trinajstić information content (AvgIpc) is 2.58. The Morgan fingerprint density at radius 2 is 1.38 bits per heavy atom. The van der Waals surface area contributed by atoms with Crippen LogP contribution in [0.3, 0.4) is 0 Å². The van der Waals surface area contributed by atoms with E-state index in [0.717, 1.165) is 12.0 Å². The van der Waals surface area contributed by atoms with Gasteiger partial charge in [-0.1, -0.05) is 81.3 Å². The zero-order chi connectivity index (χ0) is 17.6. The molecule has 2 heteroatoms. The van der Waals surface area contributed by atoms with E-state index >= 15 is 0 Å². The van der Waals surface area contributed by atoms with Crippen molar-refractivity contribution in [2.75, 3.05) is 0 Å². The molecule has 2 aromatic rings. The summed E-state index contributed by atoms with van der Waals surface area (Å²) >= 11 is 0. The Kier molecular flexibility index (Phi) is 10.4. The van der Waals surface area contributed by atoms with Gasteiger partial charge in [-0.05, 0) is 43.5 Å². The van der Waals surface area contributed by atoms with Gasteiger partial charge in [0, 0.05) is 0 Å². The first-order valence-corrected chi connectivity index (χ1v) is 9.16. The minimum atomic E-state index is 0.322. The Balaban J connectivity index is 0.000000341. The van der Waals surface area contributed by atoms with Crippen LogP contribution in [0, 0.1) is 6.92 Å². The van der Waals surface area contributed by atoms with E-state index in [0.29, 0.717) is 11.5 Å². The van der Waals surface area contributed by atoms with Gasteiger partial charge < -0.3 is 10.2 Å². The van der Waals surface area contributed by atoms with Crippen LogP contribution >= 0.6 is 0 Å². The van der Waals surface area contributed by atoms with E-state index in [2.05, 4.69) is 19.9 Å². The molecule has 2 N–H and O–H groups in total. The summed E-state index contributed by atoms with van der Waals surface area (Å²) in [4.78, 5) is 0. The Labute approximate surface area is 147 Å². The van der Waals surface area contributed by atoms with Crippen LogP contribution in [-0.2, 0) is 6.42 Å². The van der Waals surface area contributed by atoms with Gasteiger partial charge in [0.25, 0.3) is 0 Å². The minimum absolute atomic E-state index is 0.322. The maximum absolute atomic E-state index is 9.71. The zero-order valence-electron chi connectivity index (χ0n) is 15.2. The molecule has 0 aliphatic rings. The van der Waals surface area contributed by atoms with Gasteiger partial charge in [-0.25, -0.2) is 0 Å². The lowest BCUT2D eigenvalue weighted by Gasteiger charge is -2.06. The van der Waals surface area contributed by atoms with Crippen molar-refractivity contribution in [1.82, 2.24) is 0 Å². The number of aromatic hydroxyl groups is 2. The second-order valence-corrected chi connectivity index (χ2v) is 6.34. The molecular formula is C22H32O2.